The van der Waals surface area contributed by atoms with E-state index >= 15 is 0 Å². The van der Waals surface area contributed by atoms with Crippen molar-refractivity contribution in [1.82, 2.24) is 0 Å². The molecule has 1 heterocycles. The first kappa shape index (κ1) is 17.4. The van der Waals surface area contributed by atoms with Crippen LogP contribution in [-0.2, 0) is 11.3 Å². The van der Waals surface area contributed by atoms with Gasteiger partial charge in [-0.3, -0.25) is 10.1 Å². The molecule has 0 fully saturated rings. The number of benzene rings is 3. The zero-order valence-electron chi connectivity index (χ0n) is 14.7. The van der Waals surface area contributed by atoms with Crippen LogP contribution < -0.4 is 0 Å². The lowest BCUT2D eigenvalue weighted by Gasteiger charge is -2.04. The quantitative estimate of drug-likeness (QED) is 0.201. The molecule has 0 spiro atoms. The molecule has 1 aromatic heterocycles. The second-order valence-corrected chi connectivity index (χ2v) is 6.22. The van der Waals surface area contributed by atoms with Crippen molar-refractivity contribution < 1.29 is 14.1 Å². The second kappa shape index (κ2) is 7.31. The molecular weight excluding hydrogens is 356 g/mol. The van der Waals surface area contributed by atoms with Crippen molar-refractivity contribution >= 4 is 22.9 Å². The Morgan fingerprint density at radius 1 is 0.929 bits per heavy atom. The van der Waals surface area contributed by atoms with Gasteiger partial charge in [0.1, 0.15) is 16.1 Å². The Labute approximate surface area is 159 Å². The fourth-order valence-electron chi connectivity index (χ4n) is 3.20. The molecule has 4 rings (SSSR count). The Hall–Kier alpha value is -4.02. The minimum atomic E-state index is -0.496. The van der Waals surface area contributed by atoms with Crippen LogP contribution in [0.25, 0.3) is 33.2 Å². The van der Waals surface area contributed by atoms with Crippen LogP contribution >= 0.6 is 0 Å². The molecule has 136 valence electrons. The van der Waals surface area contributed by atoms with Gasteiger partial charge in [0.05, 0.1) is 6.54 Å². The smallest absolute Gasteiger partial charge is 0.400 e. The van der Waals surface area contributed by atoms with Crippen LogP contribution in [0.1, 0.15) is 5.56 Å². The summed E-state index contributed by atoms with van der Waals surface area (Å²) in [6, 6.07) is 22.3. The SMILES string of the molecule is O=C=NCc1ccc(-c2ccc3oc([N+](=O)[O-])c(-c4ccccc4)c3c2)cc1. The number of hydrogen-bond donors (Lipinski definition) is 0. The first-order valence-corrected chi connectivity index (χ1v) is 8.56. The molecule has 0 radical (unpaired) electrons. The van der Waals surface area contributed by atoms with Crippen LogP contribution in [0.3, 0.4) is 0 Å². The fraction of sp³-hybridized carbons (Fsp3) is 0.0455. The lowest BCUT2D eigenvalue weighted by molar-refractivity contribution is -0.400. The van der Waals surface area contributed by atoms with Gasteiger partial charge >= 0.3 is 5.88 Å². The van der Waals surface area contributed by atoms with Gasteiger partial charge in [-0.1, -0.05) is 60.7 Å². The first-order valence-electron chi connectivity index (χ1n) is 8.56. The van der Waals surface area contributed by atoms with Crippen LogP contribution in [0, 0.1) is 10.1 Å². The number of carbonyl (C=O) groups excluding carboxylic acids is 1. The van der Waals surface area contributed by atoms with E-state index in [1.54, 1.807) is 6.07 Å². The van der Waals surface area contributed by atoms with E-state index in [2.05, 4.69) is 4.99 Å². The maximum absolute atomic E-state index is 11.5. The predicted octanol–water partition coefficient (Wildman–Crippen LogP) is 5.51. The van der Waals surface area contributed by atoms with E-state index in [4.69, 9.17) is 4.42 Å². The monoisotopic (exact) mass is 370 g/mol. The van der Waals surface area contributed by atoms with Gasteiger partial charge in [-0.2, -0.15) is 0 Å². The molecule has 0 saturated carbocycles. The highest BCUT2D eigenvalue weighted by atomic mass is 16.6. The van der Waals surface area contributed by atoms with Crippen LogP contribution in [0.2, 0.25) is 0 Å². The summed E-state index contributed by atoms with van der Waals surface area (Å²) < 4.78 is 5.52. The van der Waals surface area contributed by atoms with Crippen molar-refractivity contribution in [2.75, 3.05) is 0 Å². The van der Waals surface area contributed by atoms with E-state index < -0.39 is 4.92 Å². The third-order valence-corrected chi connectivity index (χ3v) is 4.51. The molecule has 0 bridgehead atoms. The van der Waals surface area contributed by atoms with Gasteiger partial charge in [0.15, 0.2) is 0 Å². The molecule has 0 N–H and O–H groups in total. The number of nitrogens with zero attached hydrogens (tertiary/aromatic N) is 2. The average Bonchev–Trinajstić information content (AvgIpc) is 3.12. The molecule has 0 atom stereocenters. The van der Waals surface area contributed by atoms with E-state index in [9.17, 15) is 14.9 Å². The van der Waals surface area contributed by atoms with Gasteiger partial charge in [-0.15, -0.1) is 0 Å². The van der Waals surface area contributed by atoms with E-state index in [0.29, 0.717) is 16.5 Å². The van der Waals surface area contributed by atoms with Gasteiger partial charge < -0.3 is 4.42 Å². The minimum absolute atomic E-state index is 0.263. The van der Waals surface area contributed by atoms with Crippen molar-refractivity contribution in [2.45, 2.75) is 6.54 Å². The van der Waals surface area contributed by atoms with E-state index in [1.165, 1.54) is 6.08 Å². The number of fused-ring (bicyclic) bond motifs is 1. The molecule has 0 amide bonds. The van der Waals surface area contributed by atoms with E-state index in [0.717, 1.165) is 22.3 Å². The lowest BCUT2D eigenvalue weighted by atomic mass is 9.99. The molecule has 3 aromatic carbocycles. The molecule has 0 aliphatic heterocycles. The van der Waals surface area contributed by atoms with Gasteiger partial charge in [0, 0.05) is 5.39 Å². The van der Waals surface area contributed by atoms with Crippen LogP contribution in [-0.4, -0.2) is 11.0 Å². The number of furan rings is 1. The van der Waals surface area contributed by atoms with Gasteiger partial charge in [-0.05, 0) is 34.4 Å². The highest BCUT2D eigenvalue weighted by molar-refractivity contribution is 6.00. The summed E-state index contributed by atoms with van der Waals surface area (Å²) in [5.41, 5.74) is 4.42. The number of isocyanates is 1. The van der Waals surface area contributed by atoms with Crippen molar-refractivity contribution in [2.24, 2.45) is 4.99 Å². The summed E-state index contributed by atoms with van der Waals surface area (Å²) in [4.78, 5) is 24.8. The summed E-state index contributed by atoms with van der Waals surface area (Å²) in [5, 5.41) is 12.2. The fourth-order valence-corrected chi connectivity index (χ4v) is 3.20. The Kier molecular flexibility index (Phi) is 4.54. The first-order chi connectivity index (χ1) is 13.7. The van der Waals surface area contributed by atoms with E-state index in [-0.39, 0.29) is 12.4 Å². The molecule has 6 heteroatoms. The van der Waals surface area contributed by atoms with Gasteiger partial charge in [-0.25, -0.2) is 9.79 Å². The van der Waals surface area contributed by atoms with Crippen molar-refractivity contribution in [3.63, 3.8) is 0 Å². The van der Waals surface area contributed by atoms with Crippen molar-refractivity contribution in [1.29, 1.82) is 0 Å². The van der Waals surface area contributed by atoms with E-state index in [1.807, 2.05) is 66.7 Å². The summed E-state index contributed by atoms with van der Waals surface area (Å²) in [7, 11) is 0. The molecule has 0 saturated heterocycles. The van der Waals surface area contributed by atoms with Crippen LogP contribution in [0.5, 0.6) is 0 Å². The Morgan fingerprint density at radius 3 is 2.32 bits per heavy atom. The number of aliphatic imine (C=N–C) groups is 1. The third kappa shape index (κ3) is 3.20. The molecule has 4 aromatic rings. The third-order valence-electron chi connectivity index (χ3n) is 4.51. The maximum Gasteiger partial charge on any atom is 0.442 e. The maximum atomic E-state index is 11.5. The summed E-state index contributed by atoms with van der Waals surface area (Å²) in [6.07, 6.45) is 1.53. The Bertz CT molecular complexity index is 1200. The van der Waals surface area contributed by atoms with Gasteiger partial charge in [0.25, 0.3) is 0 Å². The number of nitro groups is 1. The summed E-state index contributed by atoms with van der Waals surface area (Å²) >= 11 is 0. The van der Waals surface area contributed by atoms with Crippen LogP contribution in [0.15, 0.2) is 82.2 Å². The molecule has 6 nitrogen and oxygen atoms in total. The predicted molar refractivity (Wildman–Crippen MR) is 106 cm³/mol. The molecule has 0 unspecified atom stereocenters. The molecular formula is C22H14N2O4. The topological polar surface area (TPSA) is 85.7 Å². The normalized spacial score (nSPS) is 10.6. The highest BCUT2D eigenvalue weighted by Gasteiger charge is 2.25. The molecule has 0 aliphatic carbocycles. The standard InChI is InChI=1S/C22H14N2O4/c25-14-23-13-15-6-8-16(9-7-15)18-10-11-20-19(12-18)21(22(28-20)24(26)27)17-4-2-1-3-5-17/h1-12H,13H2. The zero-order chi connectivity index (χ0) is 19.5. The number of hydrogen-bond acceptors (Lipinski definition) is 5. The second-order valence-electron chi connectivity index (χ2n) is 6.22. The number of rotatable bonds is 5. The summed E-state index contributed by atoms with van der Waals surface area (Å²) in [6.45, 7) is 0.287. The molecule has 0 aliphatic rings. The Morgan fingerprint density at radius 2 is 1.64 bits per heavy atom. The van der Waals surface area contributed by atoms with Crippen molar-refractivity contribution in [3.8, 4) is 22.3 Å². The summed E-state index contributed by atoms with van der Waals surface area (Å²) in [5.74, 6) is -0.263. The zero-order valence-corrected chi connectivity index (χ0v) is 14.7. The minimum Gasteiger partial charge on any atom is -0.400 e. The van der Waals surface area contributed by atoms with Crippen LogP contribution in [0.4, 0.5) is 5.88 Å². The molecule has 28 heavy (non-hydrogen) atoms. The largest absolute Gasteiger partial charge is 0.442 e. The van der Waals surface area contributed by atoms with Gasteiger partial charge in [0.2, 0.25) is 6.08 Å². The lowest BCUT2D eigenvalue weighted by Crippen LogP contribution is -1.88. The Balaban J connectivity index is 1.84. The van der Waals surface area contributed by atoms with Crippen molar-refractivity contribution in [3.05, 3.63) is 88.5 Å². The highest BCUT2D eigenvalue weighted by Crippen LogP contribution is 2.41. The average molecular weight is 370 g/mol.